The summed E-state index contributed by atoms with van der Waals surface area (Å²) < 4.78 is 29.0. The number of para-hydroxylation sites is 1. The van der Waals surface area contributed by atoms with Crippen molar-refractivity contribution >= 4 is 32.7 Å². The molecule has 9 heteroatoms. The molecule has 2 amide bonds. The average molecular weight is 483 g/mol. The number of benzene rings is 2. The van der Waals surface area contributed by atoms with Crippen molar-refractivity contribution in [1.29, 1.82) is 0 Å². The third kappa shape index (κ3) is 5.31. The second-order valence-corrected chi connectivity index (χ2v) is 10.4. The van der Waals surface area contributed by atoms with Gasteiger partial charge in [0.25, 0.3) is 5.91 Å². The van der Waals surface area contributed by atoms with Crippen LogP contribution in [0.4, 0.5) is 0 Å². The van der Waals surface area contributed by atoms with E-state index in [1.54, 1.807) is 18.2 Å². The first-order valence-electron chi connectivity index (χ1n) is 11.5. The molecule has 34 heavy (non-hydrogen) atoms. The highest BCUT2D eigenvalue weighted by Gasteiger charge is 2.32. The standard InChI is InChI=1S/C25H30N4O4S/c1-29-22-14-8-5-9-18(22)17-23(29)25(31)28-21-13-7-6-12-20(21)24(30)26-15-16-27-34(32,33)19-10-3-2-4-11-19/h2-5,8-11,14,17,20-21,27H,6-7,12-13,15-16H2,1H3,(H,26,30)(H,28,31)/t20-,21+/m1/s1. The van der Waals surface area contributed by atoms with Gasteiger partial charge in [-0.15, -0.1) is 0 Å². The molecule has 1 aliphatic rings. The molecule has 3 N–H and O–H groups in total. The van der Waals surface area contributed by atoms with E-state index >= 15 is 0 Å². The van der Waals surface area contributed by atoms with E-state index in [0.29, 0.717) is 12.1 Å². The maximum Gasteiger partial charge on any atom is 0.268 e. The Labute approximate surface area is 199 Å². The van der Waals surface area contributed by atoms with Crippen LogP contribution in [0, 0.1) is 5.92 Å². The van der Waals surface area contributed by atoms with E-state index in [1.165, 1.54) is 12.1 Å². The monoisotopic (exact) mass is 482 g/mol. The first-order chi connectivity index (χ1) is 16.4. The number of fused-ring (bicyclic) bond motifs is 1. The molecule has 1 heterocycles. The summed E-state index contributed by atoms with van der Waals surface area (Å²) in [4.78, 5) is 26.1. The molecule has 0 saturated heterocycles. The lowest BCUT2D eigenvalue weighted by atomic mass is 9.83. The number of hydrogen-bond acceptors (Lipinski definition) is 4. The SMILES string of the molecule is Cn1c(C(=O)N[C@H]2CCCC[C@H]2C(=O)NCCNS(=O)(=O)c2ccccc2)cc2ccccc21. The van der Waals surface area contributed by atoms with E-state index in [4.69, 9.17) is 0 Å². The number of amides is 2. The van der Waals surface area contributed by atoms with Crippen molar-refractivity contribution in [3.05, 3.63) is 66.4 Å². The van der Waals surface area contributed by atoms with E-state index in [9.17, 15) is 18.0 Å². The number of nitrogens with zero attached hydrogens (tertiary/aromatic N) is 1. The Bertz CT molecular complexity index is 1270. The lowest BCUT2D eigenvalue weighted by molar-refractivity contribution is -0.126. The van der Waals surface area contributed by atoms with Gasteiger partial charge in [-0.1, -0.05) is 49.2 Å². The largest absolute Gasteiger partial charge is 0.354 e. The first kappa shape index (κ1) is 24.0. The fourth-order valence-corrected chi connectivity index (χ4v) is 5.60. The maximum atomic E-state index is 13.0. The minimum Gasteiger partial charge on any atom is -0.354 e. The van der Waals surface area contributed by atoms with Crippen molar-refractivity contribution in [2.24, 2.45) is 13.0 Å². The van der Waals surface area contributed by atoms with Gasteiger partial charge in [0, 0.05) is 37.1 Å². The number of aryl methyl sites for hydroxylation is 1. The van der Waals surface area contributed by atoms with Gasteiger partial charge in [0.15, 0.2) is 0 Å². The third-order valence-electron chi connectivity index (χ3n) is 6.37. The molecule has 1 aromatic heterocycles. The molecule has 8 nitrogen and oxygen atoms in total. The Morgan fingerprint density at radius 1 is 0.971 bits per heavy atom. The van der Waals surface area contributed by atoms with Crippen LogP contribution in [-0.4, -0.2) is 43.9 Å². The molecule has 3 aromatic rings. The van der Waals surface area contributed by atoms with E-state index in [2.05, 4.69) is 15.4 Å². The van der Waals surface area contributed by atoms with Crippen molar-refractivity contribution < 1.29 is 18.0 Å². The van der Waals surface area contributed by atoms with Gasteiger partial charge >= 0.3 is 0 Å². The number of carbonyl (C=O) groups excluding carboxylic acids is 2. The molecular formula is C25H30N4O4S. The number of sulfonamides is 1. The summed E-state index contributed by atoms with van der Waals surface area (Å²) in [6, 6.07) is 17.5. The molecule has 0 aliphatic heterocycles. The topological polar surface area (TPSA) is 109 Å². The van der Waals surface area contributed by atoms with E-state index in [0.717, 1.165) is 30.2 Å². The van der Waals surface area contributed by atoms with Gasteiger partial charge < -0.3 is 15.2 Å². The second kappa shape index (κ2) is 10.4. The molecule has 0 radical (unpaired) electrons. The van der Waals surface area contributed by atoms with Crippen LogP contribution in [0.5, 0.6) is 0 Å². The van der Waals surface area contributed by atoms with Gasteiger partial charge in [0.1, 0.15) is 5.69 Å². The van der Waals surface area contributed by atoms with Crippen LogP contribution < -0.4 is 15.4 Å². The maximum absolute atomic E-state index is 13.0. The summed E-state index contributed by atoms with van der Waals surface area (Å²) in [7, 11) is -1.76. The summed E-state index contributed by atoms with van der Waals surface area (Å²) in [5, 5.41) is 6.89. The van der Waals surface area contributed by atoms with Crippen molar-refractivity contribution in [3.8, 4) is 0 Å². The number of aromatic nitrogens is 1. The minimum atomic E-state index is -3.62. The summed E-state index contributed by atoms with van der Waals surface area (Å²) in [5.74, 6) is -0.710. The van der Waals surface area contributed by atoms with Gasteiger partial charge in [-0.05, 0) is 37.1 Å². The molecular weight excluding hydrogens is 452 g/mol. The van der Waals surface area contributed by atoms with Crippen LogP contribution >= 0.6 is 0 Å². The molecule has 0 unspecified atom stereocenters. The van der Waals surface area contributed by atoms with Crippen LogP contribution in [-0.2, 0) is 21.9 Å². The molecule has 4 rings (SSSR count). The van der Waals surface area contributed by atoms with Crippen LogP contribution in [0.25, 0.3) is 10.9 Å². The van der Waals surface area contributed by atoms with Gasteiger partial charge in [-0.3, -0.25) is 9.59 Å². The van der Waals surface area contributed by atoms with Crippen molar-refractivity contribution in [2.75, 3.05) is 13.1 Å². The first-order valence-corrected chi connectivity index (χ1v) is 13.0. The highest BCUT2D eigenvalue weighted by atomic mass is 32.2. The Morgan fingerprint density at radius 2 is 1.68 bits per heavy atom. The zero-order valence-corrected chi connectivity index (χ0v) is 20.0. The highest BCUT2D eigenvalue weighted by molar-refractivity contribution is 7.89. The van der Waals surface area contributed by atoms with Gasteiger partial charge in [-0.25, -0.2) is 13.1 Å². The van der Waals surface area contributed by atoms with Crippen molar-refractivity contribution in [2.45, 2.75) is 36.6 Å². The Balaban J connectivity index is 1.33. The second-order valence-electron chi connectivity index (χ2n) is 8.62. The van der Waals surface area contributed by atoms with E-state index < -0.39 is 10.0 Å². The fraction of sp³-hybridized carbons (Fsp3) is 0.360. The smallest absolute Gasteiger partial charge is 0.268 e. The van der Waals surface area contributed by atoms with Crippen LogP contribution in [0.1, 0.15) is 36.2 Å². The summed E-state index contributed by atoms with van der Waals surface area (Å²) in [5.41, 5.74) is 1.53. The van der Waals surface area contributed by atoms with Gasteiger partial charge in [-0.2, -0.15) is 0 Å². The molecule has 1 fully saturated rings. The average Bonchev–Trinajstić information content (AvgIpc) is 3.19. The van der Waals surface area contributed by atoms with E-state index in [1.807, 2.05) is 41.9 Å². The molecule has 180 valence electrons. The molecule has 2 aromatic carbocycles. The predicted molar refractivity (Wildman–Crippen MR) is 131 cm³/mol. The molecule has 0 bridgehead atoms. The lowest BCUT2D eigenvalue weighted by Crippen LogP contribution is -2.49. The minimum absolute atomic E-state index is 0.0860. The van der Waals surface area contributed by atoms with Crippen LogP contribution in [0.15, 0.2) is 65.6 Å². The van der Waals surface area contributed by atoms with Crippen molar-refractivity contribution in [3.63, 3.8) is 0 Å². The summed E-state index contributed by atoms with van der Waals surface area (Å²) in [6.07, 6.45) is 3.27. The fourth-order valence-electron chi connectivity index (χ4n) is 4.55. The summed E-state index contributed by atoms with van der Waals surface area (Å²) in [6.45, 7) is 0.258. The van der Waals surface area contributed by atoms with Gasteiger partial charge in [0.05, 0.1) is 10.8 Å². The number of rotatable bonds is 8. The molecule has 1 aliphatic carbocycles. The normalized spacial score (nSPS) is 18.5. The van der Waals surface area contributed by atoms with Gasteiger partial charge in [0.2, 0.25) is 15.9 Å². The Kier molecular flexibility index (Phi) is 7.33. The molecule has 1 saturated carbocycles. The molecule has 2 atom stereocenters. The van der Waals surface area contributed by atoms with Crippen LogP contribution in [0.2, 0.25) is 0 Å². The highest BCUT2D eigenvalue weighted by Crippen LogP contribution is 2.26. The Hall–Kier alpha value is -3.17. The summed E-state index contributed by atoms with van der Waals surface area (Å²) >= 11 is 0. The van der Waals surface area contributed by atoms with Crippen molar-refractivity contribution in [1.82, 2.24) is 19.9 Å². The Morgan fingerprint density at radius 3 is 2.44 bits per heavy atom. The molecule has 0 spiro atoms. The zero-order chi connectivity index (χ0) is 24.1. The zero-order valence-electron chi connectivity index (χ0n) is 19.2. The third-order valence-corrected chi connectivity index (χ3v) is 7.85. The number of nitrogens with one attached hydrogen (secondary N) is 3. The van der Waals surface area contributed by atoms with E-state index in [-0.39, 0.29) is 41.8 Å². The predicted octanol–water partition coefficient (Wildman–Crippen LogP) is 2.56. The lowest BCUT2D eigenvalue weighted by Gasteiger charge is -2.31. The van der Waals surface area contributed by atoms with Crippen LogP contribution in [0.3, 0.4) is 0 Å². The quantitative estimate of drug-likeness (QED) is 0.429. The number of carbonyl (C=O) groups is 2. The number of hydrogen-bond donors (Lipinski definition) is 3.